The highest BCUT2D eigenvalue weighted by Gasteiger charge is 2.34. The highest BCUT2D eigenvalue weighted by Crippen LogP contribution is 2.37. The molecule has 1 aliphatic heterocycles. The summed E-state index contributed by atoms with van der Waals surface area (Å²) >= 11 is 0. The van der Waals surface area contributed by atoms with Crippen molar-refractivity contribution in [1.82, 2.24) is 0 Å². The molecule has 2 unspecified atom stereocenters. The fourth-order valence-corrected chi connectivity index (χ4v) is 2.91. The van der Waals surface area contributed by atoms with Crippen LogP contribution in [-0.4, -0.2) is 36.5 Å². The Morgan fingerprint density at radius 1 is 1.38 bits per heavy atom. The molecular formula is C19H22O5. The lowest BCUT2D eigenvalue weighted by atomic mass is 9.85. The summed E-state index contributed by atoms with van der Waals surface area (Å²) in [5.74, 6) is 0.00866. The molecule has 1 aromatic rings. The van der Waals surface area contributed by atoms with E-state index in [-0.39, 0.29) is 6.10 Å². The first-order chi connectivity index (χ1) is 11.4. The first-order valence-electron chi connectivity index (χ1n) is 8.03. The summed E-state index contributed by atoms with van der Waals surface area (Å²) < 4.78 is 17.2. The molecule has 128 valence electrons. The molecule has 0 bridgehead atoms. The average Bonchev–Trinajstić information content (AvgIpc) is 2.93. The Balaban J connectivity index is 1.73. The number of aliphatic hydroxyl groups is 1. The molecule has 5 heteroatoms. The molecule has 2 atom stereocenters. The van der Waals surface area contributed by atoms with Gasteiger partial charge in [0, 0.05) is 17.6 Å². The Kier molecular flexibility index (Phi) is 4.58. The van der Waals surface area contributed by atoms with E-state index in [0.29, 0.717) is 36.5 Å². The van der Waals surface area contributed by atoms with Gasteiger partial charge in [-0.1, -0.05) is 30.4 Å². The minimum atomic E-state index is -1.19. The first-order valence-corrected chi connectivity index (χ1v) is 8.03. The van der Waals surface area contributed by atoms with Gasteiger partial charge in [0.2, 0.25) is 0 Å². The molecule has 1 aromatic carbocycles. The molecule has 1 N–H and O–H groups in total. The Hall–Kier alpha value is -1.95. The van der Waals surface area contributed by atoms with Crippen molar-refractivity contribution in [2.75, 3.05) is 13.2 Å². The number of ether oxygens (including phenoxy) is 3. The highest BCUT2D eigenvalue weighted by atomic mass is 16.7. The van der Waals surface area contributed by atoms with Crippen molar-refractivity contribution in [3.05, 3.63) is 53.6 Å². The van der Waals surface area contributed by atoms with Gasteiger partial charge >= 0.3 is 0 Å². The molecule has 24 heavy (non-hydrogen) atoms. The third-order valence-electron chi connectivity index (χ3n) is 4.18. The lowest BCUT2D eigenvalue weighted by molar-refractivity contribution is -0.141. The number of benzene rings is 1. The van der Waals surface area contributed by atoms with E-state index in [4.69, 9.17) is 14.2 Å². The lowest BCUT2D eigenvalue weighted by Crippen LogP contribution is -2.27. The zero-order valence-electron chi connectivity index (χ0n) is 13.9. The zero-order chi connectivity index (χ0) is 17.2. The molecule has 0 saturated carbocycles. The summed E-state index contributed by atoms with van der Waals surface area (Å²) in [6.45, 7) is 4.56. The van der Waals surface area contributed by atoms with Gasteiger partial charge in [0.15, 0.2) is 5.79 Å². The number of carbonyl (C=O) groups excluding carboxylic acids is 1. The second-order valence-electron chi connectivity index (χ2n) is 6.54. The fourth-order valence-electron chi connectivity index (χ4n) is 2.91. The number of para-hydroxylation sites is 1. The maximum absolute atomic E-state index is 10.9. The highest BCUT2D eigenvalue weighted by molar-refractivity contribution is 5.78. The van der Waals surface area contributed by atoms with Gasteiger partial charge in [-0.15, -0.1) is 0 Å². The Morgan fingerprint density at radius 3 is 2.79 bits per heavy atom. The predicted octanol–water partition coefficient (Wildman–Crippen LogP) is 2.49. The van der Waals surface area contributed by atoms with E-state index in [1.807, 2.05) is 38.1 Å². The van der Waals surface area contributed by atoms with E-state index in [0.717, 1.165) is 6.29 Å². The van der Waals surface area contributed by atoms with Crippen molar-refractivity contribution in [1.29, 1.82) is 0 Å². The molecule has 1 saturated heterocycles. The summed E-state index contributed by atoms with van der Waals surface area (Å²) in [4.78, 5) is 10.8. The van der Waals surface area contributed by atoms with Crippen LogP contribution in [0.1, 0.15) is 25.8 Å². The van der Waals surface area contributed by atoms with Gasteiger partial charge in [0.25, 0.3) is 0 Å². The van der Waals surface area contributed by atoms with Crippen molar-refractivity contribution in [3.63, 3.8) is 0 Å². The maximum Gasteiger partial charge on any atom is 0.163 e. The Morgan fingerprint density at radius 2 is 2.17 bits per heavy atom. The topological polar surface area (TPSA) is 65.0 Å². The fraction of sp³-hybridized carbons (Fsp3) is 0.421. The van der Waals surface area contributed by atoms with Crippen LogP contribution in [-0.2, 0) is 19.9 Å². The van der Waals surface area contributed by atoms with E-state index < -0.39 is 11.4 Å². The molecule has 3 rings (SSSR count). The van der Waals surface area contributed by atoms with Crippen LogP contribution in [0.3, 0.4) is 0 Å². The van der Waals surface area contributed by atoms with E-state index in [1.165, 1.54) is 0 Å². The largest absolute Gasteiger partial charge is 0.490 e. The SMILES string of the molecule is CC1(C)OCC(COc2ccccc2C2(O)C=CC(C=O)=CC2)O1. The van der Waals surface area contributed by atoms with Gasteiger partial charge in [-0.05, 0) is 26.0 Å². The molecule has 0 spiro atoms. The molecular weight excluding hydrogens is 308 g/mol. The summed E-state index contributed by atoms with van der Waals surface area (Å²) in [7, 11) is 0. The molecule has 1 aliphatic carbocycles. The summed E-state index contributed by atoms with van der Waals surface area (Å²) in [5.41, 5.74) is 0.0486. The summed E-state index contributed by atoms with van der Waals surface area (Å²) in [6.07, 6.45) is 5.94. The smallest absolute Gasteiger partial charge is 0.163 e. The zero-order valence-corrected chi connectivity index (χ0v) is 13.9. The quantitative estimate of drug-likeness (QED) is 0.840. The number of carbonyl (C=O) groups is 1. The first kappa shape index (κ1) is 16.9. The van der Waals surface area contributed by atoms with Crippen LogP contribution in [0.15, 0.2) is 48.1 Å². The van der Waals surface area contributed by atoms with E-state index >= 15 is 0 Å². The van der Waals surface area contributed by atoms with Crippen molar-refractivity contribution in [2.45, 2.75) is 37.8 Å². The number of hydrogen-bond acceptors (Lipinski definition) is 5. The number of aldehydes is 1. The van der Waals surface area contributed by atoms with E-state index in [2.05, 4.69) is 0 Å². The van der Waals surface area contributed by atoms with E-state index in [9.17, 15) is 9.90 Å². The summed E-state index contributed by atoms with van der Waals surface area (Å²) in [5, 5.41) is 10.9. The Labute approximate surface area is 141 Å². The van der Waals surface area contributed by atoms with E-state index in [1.54, 1.807) is 18.2 Å². The van der Waals surface area contributed by atoms with Crippen LogP contribution >= 0.6 is 0 Å². The van der Waals surface area contributed by atoms with Gasteiger partial charge in [-0.25, -0.2) is 0 Å². The second kappa shape index (κ2) is 6.51. The van der Waals surface area contributed by atoms with Crippen LogP contribution in [0.4, 0.5) is 0 Å². The lowest BCUT2D eigenvalue weighted by Gasteiger charge is -2.28. The van der Waals surface area contributed by atoms with Gasteiger partial charge in [-0.3, -0.25) is 4.79 Å². The molecule has 0 amide bonds. The van der Waals surface area contributed by atoms with Crippen LogP contribution in [0, 0.1) is 0 Å². The molecule has 0 radical (unpaired) electrons. The van der Waals surface area contributed by atoms with Gasteiger partial charge < -0.3 is 19.3 Å². The second-order valence-corrected chi connectivity index (χ2v) is 6.54. The standard InChI is InChI=1S/C19H22O5/c1-18(2)23-13-15(24-18)12-22-17-6-4-3-5-16(17)19(21)9-7-14(11-20)8-10-19/h3-9,11,15,21H,10,12-13H2,1-2H3. The van der Waals surface area contributed by atoms with Crippen LogP contribution in [0.25, 0.3) is 0 Å². The average molecular weight is 330 g/mol. The van der Waals surface area contributed by atoms with Crippen LogP contribution in [0.2, 0.25) is 0 Å². The minimum Gasteiger partial charge on any atom is -0.490 e. The molecule has 1 heterocycles. The third-order valence-corrected chi connectivity index (χ3v) is 4.18. The third kappa shape index (κ3) is 3.59. The molecule has 0 aromatic heterocycles. The maximum atomic E-state index is 10.9. The van der Waals surface area contributed by atoms with Crippen molar-refractivity contribution in [2.24, 2.45) is 0 Å². The number of allylic oxidation sites excluding steroid dienone is 2. The van der Waals surface area contributed by atoms with Crippen molar-refractivity contribution < 1.29 is 24.1 Å². The Bertz CT molecular complexity index is 676. The predicted molar refractivity (Wildman–Crippen MR) is 88.6 cm³/mol. The monoisotopic (exact) mass is 330 g/mol. The number of rotatable bonds is 5. The molecule has 5 nitrogen and oxygen atoms in total. The normalized spacial score (nSPS) is 28.5. The van der Waals surface area contributed by atoms with Gasteiger partial charge in [0.05, 0.1) is 6.61 Å². The van der Waals surface area contributed by atoms with Crippen molar-refractivity contribution >= 4 is 6.29 Å². The molecule has 1 fully saturated rings. The minimum absolute atomic E-state index is 0.147. The number of hydrogen-bond donors (Lipinski definition) is 1. The molecule has 2 aliphatic rings. The van der Waals surface area contributed by atoms with Crippen molar-refractivity contribution in [3.8, 4) is 5.75 Å². The van der Waals surface area contributed by atoms with Crippen LogP contribution in [0.5, 0.6) is 5.75 Å². The van der Waals surface area contributed by atoms with Gasteiger partial charge in [-0.2, -0.15) is 0 Å². The summed E-state index contributed by atoms with van der Waals surface area (Å²) in [6, 6.07) is 7.36. The van der Waals surface area contributed by atoms with Gasteiger partial charge in [0.1, 0.15) is 30.3 Å². The van der Waals surface area contributed by atoms with Crippen LogP contribution < -0.4 is 4.74 Å².